The van der Waals surface area contributed by atoms with E-state index in [4.69, 9.17) is 9.16 Å². The second-order valence-corrected chi connectivity index (χ2v) is 14.7. The number of halogens is 3. The quantitative estimate of drug-likeness (QED) is 0.308. The van der Waals surface area contributed by atoms with E-state index in [1.54, 1.807) is 26.9 Å². The zero-order valence-electron chi connectivity index (χ0n) is 25.3. The Balaban J connectivity index is 1.95. The maximum Gasteiger partial charge on any atom is 0.396 e. The molecule has 2 unspecified atom stereocenters. The maximum absolute atomic E-state index is 14.6. The van der Waals surface area contributed by atoms with Crippen molar-refractivity contribution < 1.29 is 27.1 Å². The summed E-state index contributed by atoms with van der Waals surface area (Å²) in [6.45, 7) is 13.3. The number of aromatic amines is 1. The largest absolute Gasteiger partial charge is 0.398 e. The number of morpholine rings is 1. The number of alkyl halides is 3. The van der Waals surface area contributed by atoms with Gasteiger partial charge in [-0.15, -0.1) is 0 Å². The van der Waals surface area contributed by atoms with Gasteiger partial charge in [-0.05, 0) is 24.6 Å². The molecule has 2 N–H and O–H groups in total. The van der Waals surface area contributed by atoms with Gasteiger partial charge in [0.25, 0.3) is 11.1 Å². The Morgan fingerprint density at radius 2 is 1.71 bits per heavy atom. The smallest absolute Gasteiger partial charge is 0.396 e. The molecule has 2 atom stereocenters. The summed E-state index contributed by atoms with van der Waals surface area (Å²) in [5.41, 5.74) is -5.95. The van der Waals surface area contributed by atoms with Gasteiger partial charge in [-0.3, -0.25) is 23.9 Å². The van der Waals surface area contributed by atoms with Crippen molar-refractivity contribution in [1.29, 1.82) is 0 Å². The normalized spacial score (nSPS) is 17.5. The van der Waals surface area contributed by atoms with Crippen LogP contribution in [0.5, 0.6) is 0 Å². The summed E-state index contributed by atoms with van der Waals surface area (Å²) in [5.74, 6) is -3.71. The summed E-state index contributed by atoms with van der Waals surface area (Å²) in [5, 5.41) is 2.49. The molecule has 42 heavy (non-hydrogen) atoms. The third kappa shape index (κ3) is 7.41. The standard InChI is InChI=1S/C27H42F3N5O6Si/c1-17(2)26(41-42(6)7,23(25(3,4)5)27(28,29)30)32-19(36)16-34-9-8-18-20(22(34)38)31-24(39)35(21(18)37)11-10-33-12-14-40-15-13-33/h8-9,17,23,42H,10-16H2,1-7H3,(H,31,39)(H,32,36). The van der Waals surface area contributed by atoms with Gasteiger partial charge in [-0.1, -0.05) is 34.6 Å². The van der Waals surface area contributed by atoms with E-state index in [9.17, 15) is 32.3 Å². The molecule has 1 aliphatic rings. The molecule has 2 aromatic heterocycles. The molecular formula is C27H42F3N5O6Si. The molecule has 0 saturated carbocycles. The van der Waals surface area contributed by atoms with E-state index in [-0.39, 0.29) is 17.4 Å². The number of nitrogens with one attached hydrogen (secondary N) is 2. The first-order valence-corrected chi connectivity index (χ1v) is 16.9. The van der Waals surface area contributed by atoms with Gasteiger partial charge >= 0.3 is 11.9 Å². The van der Waals surface area contributed by atoms with Crippen molar-refractivity contribution in [3.8, 4) is 0 Å². The van der Waals surface area contributed by atoms with Crippen LogP contribution in [0.4, 0.5) is 13.2 Å². The summed E-state index contributed by atoms with van der Waals surface area (Å²) in [6.07, 6.45) is -3.49. The second kappa shape index (κ2) is 12.9. The van der Waals surface area contributed by atoms with E-state index >= 15 is 0 Å². The fourth-order valence-electron chi connectivity index (χ4n) is 5.64. The molecule has 3 rings (SSSR count). The first kappa shape index (κ1) is 33.7. The minimum absolute atomic E-state index is 0.0335. The summed E-state index contributed by atoms with van der Waals surface area (Å²) in [4.78, 5) is 56.9. The number of nitrogens with zero attached hydrogens (tertiary/aromatic N) is 3. The van der Waals surface area contributed by atoms with Crippen LogP contribution >= 0.6 is 0 Å². The number of carbonyl (C=O) groups is 1. The molecule has 1 fully saturated rings. The van der Waals surface area contributed by atoms with Crippen LogP contribution in [0, 0.1) is 17.3 Å². The van der Waals surface area contributed by atoms with Gasteiger partial charge in [0, 0.05) is 38.3 Å². The highest BCUT2D eigenvalue weighted by atomic mass is 28.3. The zero-order chi connectivity index (χ0) is 31.6. The van der Waals surface area contributed by atoms with Crippen molar-refractivity contribution in [2.75, 3.05) is 32.8 Å². The van der Waals surface area contributed by atoms with Crippen LogP contribution in [0.25, 0.3) is 10.9 Å². The first-order valence-electron chi connectivity index (χ1n) is 14.1. The van der Waals surface area contributed by atoms with Crippen LogP contribution in [-0.4, -0.2) is 78.7 Å². The lowest BCUT2D eigenvalue weighted by Gasteiger charge is -2.51. The second-order valence-electron chi connectivity index (χ2n) is 12.4. The van der Waals surface area contributed by atoms with E-state index in [0.717, 1.165) is 9.13 Å². The van der Waals surface area contributed by atoms with E-state index < -0.39 is 67.5 Å². The van der Waals surface area contributed by atoms with E-state index in [2.05, 4.69) is 15.2 Å². The van der Waals surface area contributed by atoms with Crippen molar-refractivity contribution in [2.24, 2.45) is 17.3 Å². The van der Waals surface area contributed by atoms with Crippen molar-refractivity contribution in [2.45, 2.75) is 72.7 Å². The Morgan fingerprint density at radius 3 is 2.24 bits per heavy atom. The molecule has 1 saturated heterocycles. The molecule has 0 aromatic carbocycles. The van der Waals surface area contributed by atoms with Gasteiger partial charge in [-0.25, -0.2) is 4.79 Å². The number of rotatable bonds is 10. The summed E-state index contributed by atoms with van der Waals surface area (Å²) in [6, 6.07) is 1.31. The Morgan fingerprint density at radius 1 is 1.10 bits per heavy atom. The number of pyridine rings is 1. The van der Waals surface area contributed by atoms with E-state index in [1.807, 2.05) is 0 Å². The van der Waals surface area contributed by atoms with Crippen LogP contribution in [0.3, 0.4) is 0 Å². The predicted octanol–water partition coefficient (Wildman–Crippen LogP) is 1.88. The summed E-state index contributed by atoms with van der Waals surface area (Å²) in [7, 11) is -2.14. The summed E-state index contributed by atoms with van der Waals surface area (Å²) >= 11 is 0. The Hall–Kier alpha value is -2.75. The molecule has 11 nitrogen and oxygen atoms in total. The highest BCUT2D eigenvalue weighted by Gasteiger charge is 2.61. The zero-order valence-corrected chi connectivity index (χ0v) is 26.4. The number of amides is 1. The van der Waals surface area contributed by atoms with Gasteiger partial charge < -0.3 is 24.0 Å². The molecule has 1 amide bonds. The average molecular weight is 618 g/mol. The van der Waals surface area contributed by atoms with Crippen molar-refractivity contribution in [3.63, 3.8) is 0 Å². The third-order valence-electron chi connectivity index (χ3n) is 7.42. The molecule has 0 spiro atoms. The topological polar surface area (TPSA) is 128 Å². The Kier molecular flexibility index (Phi) is 10.3. The van der Waals surface area contributed by atoms with Gasteiger partial charge in [-0.2, -0.15) is 13.2 Å². The third-order valence-corrected chi connectivity index (χ3v) is 8.28. The number of fused-ring (bicyclic) bond motifs is 1. The molecule has 1 aliphatic heterocycles. The SMILES string of the molecule is CC(C)C(NC(=O)Cn1ccc2c(=O)n(CCN3CCOCC3)c(=O)[nH]c2c1=O)(O[SiH](C)C)C(C(C)(C)C)C(F)(F)F. The van der Waals surface area contributed by atoms with Crippen molar-refractivity contribution >= 4 is 25.9 Å². The first-order chi connectivity index (χ1) is 19.4. The number of hydrogen-bond acceptors (Lipinski definition) is 7. The summed E-state index contributed by atoms with van der Waals surface area (Å²) < 4.78 is 57.0. The lowest BCUT2D eigenvalue weighted by atomic mass is 9.70. The molecule has 236 valence electrons. The lowest BCUT2D eigenvalue weighted by Crippen LogP contribution is -2.67. The molecule has 2 aromatic rings. The molecule has 0 radical (unpaired) electrons. The highest BCUT2D eigenvalue weighted by molar-refractivity contribution is 6.48. The van der Waals surface area contributed by atoms with Crippen LogP contribution in [0.2, 0.25) is 13.1 Å². The highest BCUT2D eigenvalue weighted by Crippen LogP contribution is 2.49. The van der Waals surface area contributed by atoms with Crippen LogP contribution in [0.15, 0.2) is 26.6 Å². The number of hydrogen-bond donors (Lipinski definition) is 2. The molecule has 0 aliphatic carbocycles. The fraction of sp³-hybridized carbons (Fsp3) is 0.704. The van der Waals surface area contributed by atoms with Gasteiger partial charge in [0.2, 0.25) is 5.91 Å². The van der Waals surface area contributed by atoms with Gasteiger partial charge in [0.05, 0.1) is 18.6 Å². The molecule has 0 bridgehead atoms. The Labute approximate surface area is 243 Å². The minimum atomic E-state index is -4.71. The van der Waals surface area contributed by atoms with Gasteiger partial charge in [0.15, 0.2) is 9.04 Å². The average Bonchev–Trinajstić information content (AvgIpc) is 2.84. The van der Waals surface area contributed by atoms with Gasteiger partial charge in [0.1, 0.15) is 23.7 Å². The molecular weight excluding hydrogens is 575 g/mol. The van der Waals surface area contributed by atoms with Crippen LogP contribution in [-0.2, 0) is 27.0 Å². The van der Waals surface area contributed by atoms with Crippen molar-refractivity contribution in [1.82, 2.24) is 24.3 Å². The van der Waals surface area contributed by atoms with E-state index in [0.29, 0.717) is 32.8 Å². The molecule has 3 heterocycles. The van der Waals surface area contributed by atoms with E-state index in [1.165, 1.54) is 33.0 Å². The number of aromatic nitrogens is 3. The monoisotopic (exact) mass is 617 g/mol. The minimum Gasteiger partial charge on any atom is -0.398 e. The number of ether oxygens (including phenoxy) is 1. The number of H-pyrrole nitrogens is 1. The Bertz CT molecular complexity index is 1430. The lowest BCUT2D eigenvalue weighted by molar-refractivity contribution is -0.265. The van der Waals surface area contributed by atoms with Crippen LogP contribution < -0.4 is 22.1 Å². The fourth-order valence-corrected chi connectivity index (χ4v) is 6.89. The maximum atomic E-state index is 14.6. The number of carbonyl (C=O) groups excluding carboxylic acids is 1. The van der Waals surface area contributed by atoms with Crippen molar-refractivity contribution in [3.05, 3.63) is 43.5 Å². The predicted molar refractivity (Wildman–Crippen MR) is 155 cm³/mol. The molecule has 15 heteroatoms. The van der Waals surface area contributed by atoms with Crippen LogP contribution in [0.1, 0.15) is 34.6 Å².